The average Bonchev–Trinajstić information content (AvgIpc) is 2.55. The fourth-order valence-electron chi connectivity index (χ4n) is 1.84. The standard InChI is InChI=1S/C18H24N2O4/c1-12(2)18(4,11-19)20-16(21)13(3)24-17(22)15-8-6-14(7-9-15)10-23-5/h6-9,12-13H,10H2,1-5H3,(H,20,21)/t13-,18-/m1/s1. The second-order valence-corrected chi connectivity index (χ2v) is 6.14. The van der Waals surface area contributed by atoms with Crippen molar-refractivity contribution in [2.45, 2.75) is 45.9 Å². The number of carbonyl (C=O) groups excluding carboxylic acids is 2. The van der Waals surface area contributed by atoms with Crippen molar-refractivity contribution in [3.8, 4) is 6.07 Å². The van der Waals surface area contributed by atoms with Crippen LogP contribution in [0.15, 0.2) is 24.3 Å². The molecule has 0 spiro atoms. The van der Waals surface area contributed by atoms with Gasteiger partial charge in [0.15, 0.2) is 6.10 Å². The molecule has 0 aliphatic heterocycles. The molecule has 0 aliphatic carbocycles. The minimum atomic E-state index is -1.01. The van der Waals surface area contributed by atoms with Crippen LogP contribution in [0.2, 0.25) is 0 Å². The lowest BCUT2D eigenvalue weighted by molar-refractivity contribution is -0.130. The summed E-state index contributed by atoms with van der Waals surface area (Å²) in [5.41, 5.74) is 0.266. The molecule has 1 N–H and O–H groups in total. The van der Waals surface area contributed by atoms with E-state index in [1.165, 1.54) is 6.92 Å². The molecule has 1 aromatic rings. The fraction of sp³-hybridized carbons (Fsp3) is 0.500. The molecule has 6 heteroatoms. The molecule has 0 aromatic heterocycles. The first-order chi connectivity index (χ1) is 11.2. The Morgan fingerprint density at radius 3 is 2.29 bits per heavy atom. The van der Waals surface area contributed by atoms with Crippen molar-refractivity contribution >= 4 is 11.9 Å². The second-order valence-electron chi connectivity index (χ2n) is 6.14. The number of methoxy groups -OCH3 is 1. The summed E-state index contributed by atoms with van der Waals surface area (Å²) in [4.78, 5) is 24.3. The van der Waals surface area contributed by atoms with Gasteiger partial charge in [-0.1, -0.05) is 26.0 Å². The van der Waals surface area contributed by atoms with Crippen LogP contribution in [0.25, 0.3) is 0 Å². The van der Waals surface area contributed by atoms with Crippen LogP contribution in [-0.4, -0.2) is 30.6 Å². The zero-order valence-corrected chi connectivity index (χ0v) is 14.8. The first kappa shape index (κ1) is 19.7. The first-order valence-electron chi connectivity index (χ1n) is 7.75. The smallest absolute Gasteiger partial charge is 0.338 e. The molecule has 130 valence electrons. The molecule has 1 rings (SSSR count). The average molecular weight is 332 g/mol. The van der Waals surface area contributed by atoms with E-state index in [-0.39, 0.29) is 5.92 Å². The van der Waals surface area contributed by atoms with Crippen molar-refractivity contribution in [3.63, 3.8) is 0 Å². The van der Waals surface area contributed by atoms with Crippen molar-refractivity contribution in [2.75, 3.05) is 7.11 Å². The lowest BCUT2D eigenvalue weighted by atomic mass is 9.90. The Kier molecular flexibility index (Phi) is 6.93. The van der Waals surface area contributed by atoms with Gasteiger partial charge in [0.25, 0.3) is 5.91 Å². The molecule has 0 saturated carbocycles. The molecular weight excluding hydrogens is 308 g/mol. The normalized spacial score (nSPS) is 14.4. The van der Waals surface area contributed by atoms with E-state index in [9.17, 15) is 14.9 Å². The Morgan fingerprint density at radius 1 is 1.25 bits per heavy atom. The Balaban J connectivity index is 2.69. The number of rotatable bonds is 7. The van der Waals surface area contributed by atoms with Gasteiger partial charge < -0.3 is 14.8 Å². The minimum absolute atomic E-state index is 0.0809. The predicted octanol–water partition coefficient (Wildman–Crippen LogP) is 2.43. The largest absolute Gasteiger partial charge is 0.449 e. The summed E-state index contributed by atoms with van der Waals surface area (Å²) in [6.07, 6.45) is -0.998. The van der Waals surface area contributed by atoms with Crippen LogP contribution in [0.5, 0.6) is 0 Å². The van der Waals surface area contributed by atoms with E-state index in [2.05, 4.69) is 11.4 Å². The maximum atomic E-state index is 12.2. The molecule has 0 saturated heterocycles. The van der Waals surface area contributed by atoms with Crippen molar-refractivity contribution in [1.82, 2.24) is 5.32 Å². The number of ether oxygens (including phenoxy) is 2. The SMILES string of the molecule is COCc1ccc(C(=O)O[C@H](C)C(=O)N[C@](C)(C#N)C(C)C)cc1. The molecule has 0 heterocycles. The summed E-state index contributed by atoms with van der Waals surface area (Å²) in [6.45, 7) is 7.24. The van der Waals surface area contributed by atoms with E-state index >= 15 is 0 Å². The lowest BCUT2D eigenvalue weighted by Crippen LogP contribution is -2.52. The topological polar surface area (TPSA) is 88.4 Å². The van der Waals surface area contributed by atoms with Crippen molar-refractivity contribution in [3.05, 3.63) is 35.4 Å². The van der Waals surface area contributed by atoms with Crippen molar-refractivity contribution < 1.29 is 19.1 Å². The van der Waals surface area contributed by atoms with E-state index in [1.807, 2.05) is 13.8 Å². The number of nitriles is 1. The van der Waals surface area contributed by atoms with Gasteiger partial charge in [-0.15, -0.1) is 0 Å². The van der Waals surface area contributed by atoms with Gasteiger partial charge in [-0.05, 0) is 37.5 Å². The molecule has 1 aromatic carbocycles. The molecule has 6 nitrogen and oxygen atoms in total. The van der Waals surface area contributed by atoms with Crippen molar-refractivity contribution in [1.29, 1.82) is 5.26 Å². The number of carbonyl (C=O) groups is 2. The Hall–Kier alpha value is -2.39. The summed E-state index contributed by atoms with van der Waals surface area (Å²) in [5, 5.41) is 11.9. The molecule has 2 atom stereocenters. The van der Waals surface area contributed by atoms with Crippen LogP contribution in [0.3, 0.4) is 0 Å². The van der Waals surface area contributed by atoms with E-state index in [0.29, 0.717) is 12.2 Å². The van der Waals surface area contributed by atoms with Gasteiger partial charge in [-0.2, -0.15) is 5.26 Å². The number of hydrogen-bond acceptors (Lipinski definition) is 5. The van der Waals surface area contributed by atoms with Gasteiger partial charge in [0, 0.05) is 7.11 Å². The Bertz CT molecular complexity index is 619. The number of esters is 1. The molecule has 0 aliphatic rings. The molecule has 0 fully saturated rings. The maximum absolute atomic E-state index is 12.2. The van der Waals surface area contributed by atoms with Gasteiger partial charge >= 0.3 is 5.97 Å². The van der Waals surface area contributed by atoms with E-state index in [0.717, 1.165) is 5.56 Å². The highest BCUT2D eigenvalue weighted by atomic mass is 16.5. The van der Waals surface area contributed by atoms with Gasteiger partial charge in [0.05, 0.1) is 18.2 Å². The molecular formula is C18H24N2O4. The minimum Gasteiger partial charge on any atom is -0.449 e. The predicted molar refractivity (Wildman–Crippen MR) is 89.0 cm³/mol. The second kappa shape index (κ2) is 8.46. The van der Waals surface area contributed by atoms with Crippen LogP contribution in [-0.2, 0) is 20.9 Å². The fourth-order valence-corrected chi connectivity index (χ4v) is 1.84. The zero-order chi connectivity index (χ0) is 18.3. The maximum Gasteiger partial charge on any atom is 0.338 e. The van der Waals surface area contributed by atoms with Crippen molar-refractivity contribution in [2.24, 2.45) is 5.92 Å². The molecule has 0 unspecified atom stereocenters. The monoisotopic (exact) mass is 332 g/mol. The highest BCUT2D eigenvalue weighted by Gasteiger charge is 2.32. The third-order valence-corrected chi connectivity index (χ3v) is 3.92. The van der Waals surface area contributed by atoms with E-state index < -0.39 is 23.5 Å². The molecule has 0 radical (unpaired) electrons. The third kappa shape index (κ3) is 5.07. The molecule has 0 bridgehead atoms. The number of amides is 1. The summed E-state index contributed by atoms with van der Waals surface area (Å²) in [6, 6.07) is 8.84. The first-order valence-corrected chi connectivity index (χ1v) is 7.75. The third-order valence-electron chi connectivity index (χ3n) is 3.92. The quantitative estimate of drug-likeness (QED) is 0.775. The van der Waals surface area contributed by atoms with Crippen LogP contribution < -0.4 is 5.32 Å². The Morgan fingerprint density at radius 2 is 1.83 bits per heavy atom. The number of nitrogens with one attached hydrogen (secondary N) is 1. The summed E-state index contributed by atoms with van der Waals surface area (Å²) >= 11 is 0. The van der Waals surface area contributed by atoms with Crippen LogP contribution in [0, 0.1) is 17.2 Å². The van der Waals surface area contributed by atoms with Gasteiger partial charge in [0.1, 0.15) is 5.54 Å². The van der Waals surface area contributed by atoms with Crippen LogP contribution in [0.4, 0.5) is 0 Å². The van der Waals surface area contributed by atoms with Gasteiger partial charge in [-0.25, -0.2) is 4.79 Å². The van der Waals surface area contributed by atoms with E-state index in [4.69, 9.17) is 9.47 Å². The number of benzene rings is 1. The number of nitrogens with zero attached hydrogens (tertiary/aromatic N) is 1. The van der Waals surface area contributed by atoms with Crippen LogP contribution >= 0.6 is 0 Å². The lowest BCUT2D eigenvalue weighted by Gasteiger charge is -2.28. The zero-order valence-electron chi connectivity index (χ0n) is 14.8. The molecule has 1 amide bonds. The summed E-state index contributed by atoms with van der Waals surface area (Å²) in [7, 11) is 1.59. The highest BCUT2D eigenvalue weighted by molar-refractivity contribution is 5.92. The Labute approximate surface area is 142 Å². The number of hydrogen-bond donors (Lipinski definition) is 1. The summed E-state index contributed by atoms with van der Waals surface area (Å²) in [5.74, 6) is -1.18. The highest BCUT2D eigenvalue weighted by Crippen LogP contribution is 2.16. The van der Waals surface area contributed by atoms with Gasteiger partial charge in [-0.3, -0.25) is 4.79 Å². The van der Waals surface area contributed by atoms with E-state index in [1.54, 1.807) is 38.3 Å². The summed E-state index contributed by atoms with van der Waals surface area (Å²) < 4.78 is 10.2. The van der Waals surface area contributed by atoms with Crippen LogP contribution in [0.1, 0.15) is 43.6 Å². The molecule has 24 heavy (non-hydrogen) atoms. The van der Waals surface area contributed by atoms with Gasteiger partial charge in [0.2, 0.25) is 0 Å².